The Hall–Kier alpha value is -3.30. The minimum atomic E-state index is -0.942. The van der Waals surface area contributed by atoms with E-state index in [0.29, 0.717) is 35.9 Å². The van der Waals surface area contributed by atoms with Crippen LogP contribution in [0.3, 0.4) is 0 Å². The molecule has 2 N–H and O–H groups in total. The number of nitrogens with one attached hydrogen (secondary N) is 2. The van der Waals surface area contributed by atoms with Crippen molar-refractivity contribution in [2.45, 2.75) is 44.6 Å². The van der Waals surface area contributed by atoms with Gasteiger partial charge < -0.3 is 19.7 Å². The molecule has 0 bridgehead atoms. The molecular weight excluding hydrogens is 416 g/mol. The standard InChI is InChI=1S/C22H28N4O6/c1-13-6-8-22(9-7-13)20(29)26(21(30)23-22)24-19(28)14-10-18(27)25(12-14)16-11-15(31-2)4-5-17(16)32-3/h4-5,11,13-14H,6-10,12H2,1-3H3,(H,23,30)(H,24,28). The zero-order chi connectivity index (χ0) is 23.0. The van der Waals surface area contributed by atoms with Gasteiger partial charge in [0.05, 0.1) is 25.8 Å². The first kappa shape index (κ1) is 21.9. The van der Waals surface area contributed by atoms with Gasteiger partial charge in [0.1, 0.15) is 17.0 Å². The van der Waals surface area contributed by atoms with Gasteiger partial charge in [0.15, 0.2) is 0 Å². The zero-order valence-corrected chi connectivity index (χ0v) is 18.5. The van der Waals surface area contributed by atoms with Gasteiger partial charge in [-0.2, -0.15) is 5.01 Å². The molecule has 1 aromatic carbocycles. The molecule has 10 heteroatoms. The van der Waals surface area contributed by atoms with Crippen LogP contribution in [0.15, 0.2) is 18.2 Å². The zero-order valence-electron chi connectivity index (χ0n) is 18.5. The predicted octanol–water partition coefficient (Wildman–Crippen LogP) is 1.59. The molecule has 0 aromatic heterocycles. The lowest BCUT2D eigenvalue weighted by atomic mass is 9.77. The Morgan fingerprint density at radius 3 is 2.53 bits per heavy atom. The van der Waals surface area contributed by atoms with Crippen molar-refractivity contribution >= 4 is 29.4 Å². The number of carbonyl (C=O) groups excluding carboxylic acids is 4. The van der Waals surface area contributed by atoms with E-state index in [9.17, 15) is 19.2 Å². The highest BCUT2D eigenvalue weighted by Crippen LogP contribution is 2.37. The lowest BCUT2D eigenvalue weighted by Gasteiger charge is -2.33. The monoisotopic (exact) mass is 444 g/mol. The molecule has 10 nitrogen and oxygen atoms in total. The highest BCUT2D eigenvalue weighted by atomic mass is 16.5. The topological polar surface area (TPSA) is 117 Å². The summed E-state index contributed by atoms with van der Waals surface area (Å²) in [7, 11) is 3.01. The molecule has 4 rings (SSSR count). The molecule has 172 valence electrons. The van der Waals surface area contributed by atoms with Gasteiger partial charge in [0, 0.05) is 19.0 Å². The van der Waals surface area contributed by atoms with Crippen LogP contribution in [0, 0.1) is 11.8 Å². The number of nitrogens with zero attached hydrogens (tertiary/aromatic N) is 2. The summed E-state index contributed by atoms with van der Waals surface area (Å²) in [4.78, 5) is 52.5. The van der Waals surface area contributed by atoms with Gasteiger partial charge >= 0.3 is 6.03 Å². The molecule has 3 aliphatic rings. The van der Waals surface area contributed by atoms with E-state index < -0.39 is 29.3 Å². The summed E-state index contributed by atoms with van der Waals surface area (Å²) in [6.45, 7) is 2.22. The predicted molar refractivity (Wildman–Crippen MR) is 114 cm³/mol. The summed E-state index contributed by atoms with van der Waals surface area (Å²) in [5.74, 6) is -0.437. The minimum Gasteiger partial charge on any atom is -0.497 e. The number of carbonyl (C=O) groups is 4. The third kappa shape index (κ3) is 3.74. The number of hydrogen-bond donors (Lipinski definition) is 2. The van der Waals surface area contributed by atoms with E-state index in [-0.39, 0.29) is 18.9 Å². The van der Waals surface area contributed by atoms with Gasteiger partial charge in [-0.05, 0) is 43.7 Å². The van der Waals surface area contributed by atoms with E-state index in [0.717, 1.165) is 17.9 Å². The number of hydrogen-bond acceptors (Lipinski definition) is 6. The van der Waals surface area contributed by atoms with Crippen LogP contribution in [0.25, 0.3) is 0 Å². The van der Waals surface area contributed by atoms with Gasteiger partial charge in [-0.15, -0.1) is 0 Å². The Bertz CT molecular complexity index is 956. The summed E-state index contributed by atoms with van der Waals surface area (Å²) in [5, 5.41) is 3.55. The van der Waals surface area contributed by atoms with Crippen molar-refractivity contribution in [3.8, 4) is 11.5 Å². The third-order valence-corrected chi connectivity index (χ3v) is 6.68. The molecule has 1 unspecified atom stereocenters. The van der Waals surface area contributed by atoms with Gasteiger partial charge in [-0.1, -0.05) is 6.92 Å². The number of imide groups is 1. The fraction of sp³-hybridized carbons (Fsp3) is 0.545. The summed E-state index contributed by atoms with van der Waals surface area (Å²) < 4.78 is 10.6. The quantitative estimate of drug-likeness (QED) is 0.666. The fourth-order valence-electron chi connectivity index (χ4n) is 4.64. The maximum Gasteiger partial charge on any atom is 0.344 e. The molecule has 1 aliphatic carbocycles. The molecule has 1 aromatic rings. The molecule has 32 heavy (non-hydrogen) atoms. The van der Waals surface area contributed by atoms with Crippen molar-refractivity contribution in [1.29, 1.82) is 0 Å². The number of rotatable bonds is 5. The largest absolute Gasteiger partial charge is 0.497 e. The number of urea groups is 1. The van der Waals surface area contributed by atoms with Crippen molar-refractivity contribution in [2.75, 3.05) is 25.7 Å². The van der Waals surface area contributed by atoms with Crippen LogP contribution in [0.5, 0.6) is 11.5 Å². The number of amides is 5. The minimum absolute atomic E-state index is 0.0432. The lowest BCUT2D eigenvalue weighted by molar-refractivity contribution is -0.141. The Kier molecular flexibility index (Phi) is 5.70. The van der Waals surface area contributed by atoms with Crippen LogP contribution < -0.4 is 25.1 Å². The normalized spacial score (nSPS) is 27.7. The van der Waals surface area contributed by atoms with Crippen LogP contribution in [-0.2, 0) is 14.4 Å². The van der Waals surface area contributed by atoms with Gasteiger partial charge in [-0.25, -0.2) is 4.79 Å². The van der Waals surface area contributed by atoms with E-state index in [2.05, 4.69) is 17.7 Å². The first-order valence-corrected chi connectivity index (χ1v) is 10.8. The van der Waals surface area contributed by atoms with Crippen LogP contribution in [0.4, 0.5) is 10.5 Å². The highest BCUT2D eigenvalue weighted by Gasteiger charge is 2.53. The molecule has 1 spiro atoms. The maximum atomic E-state index is 13.0. The number of anilines is 1. The first-order chi connectivity index (χ1) is 15.3. The third-order valence-electron chi connectivity index (χ3n) is 6.68. The van der Waals surface area contributed by atoms with E-state index in [4.69, 9.17) is 9.47 Å². The second kappa shape index (κ2) is 8.33. The van der Waals surface area contributed by atoms with Gasteiger partial charge in [0.25, 0.3) is 5.91 Å². The summed E-state index contributed by atoms with van der Waals surface area (Å²) in [6, 6.07) is 4.44. The number of ether oxygens (including phenoxy) is 2. The molecule has 1 atom stereocenters. The Morgan fingerprint density at radius 1 is 1.16 bits per heavy atom. The molecule has 2 saturated heterocycles. The summed E-state index contributed by atoms with van der Waals surface area (Å²) in [5.41, 5.74) is 2.00. The average Bonchev–Trinajstić information content (AvgIpc) is 3.28. The molecule has 3 fully saturated rings. The number of hydrazine groups is 1. The van der Waals surface area contributed by atoms with Crippen molar-refractivity contribution in [3.05, 3.63) is 18.2 Å². The fourth-order valence-corrected chi connectivity index (χ4v) is 4.64. The Morgan fingerprint density at radius 2 is 1.88 bits per heavy atom. The molecule has 2 aliphatic heterocycles. The van der Waals surface area contributed by atoms with E-state index in [1.165, 1.54) is 19.1 Å². The molecule has 0 radical (unpaired) electrons. The second-order valence-corrected chi connectivity index (χ2v) is 8.75. The van der Waals surface area contributed by atoms with Gasteiger partial charge in [-0.3, -0.25) is 19.8 Å². The van der Waals surface area contributed by atoms with Crippen molar-refractivity contribution in [1.82, 2.24) is 15.8 Å². The highest BCUT2D eigenvalue weighted by molar-refractivity contribution is 6.09. The molecular formula is C22H28N4O6. The van der Waals surface area contributed by atoms with Crippen molar-refractivity contribution in [3.63, 3.8) is 0 Å². The maximum absolute atomic E-state index is 13.0. The van der Waals surface area contributed by atoms with Crippen molar-refractivity contribution in [2.24, 2.45) is 11.8 Å². The summed E-state index contributed by atoms with van der Waals surface area (Å²) in [6.07, 6.45) is 2.73. The van der Waals surface area contributed by atoms with Gasteiger partial charge in [0.2, 0.25) is 11.8 Å². The van der Waals surface area contributed by atoms with E-state index >= 15 is 0 Å². The number of methoxy groups -OCH3 is 2. The molecule has 2 heterocycles. The average molecular weight is 444 g/mol. The van der Waals surface area contributed by atoms with Crippen LogP contribution in [-0.4, -0.2) is 55.1 Å². The second-order valence-electron chi connectivity index (χ2n) is 8.75. The van der Waals surface area contributed by atoms with Crippen LogP contribution >= 0.6 is 0 Å². The van der Waals surface area contributed by atoms with E-state index in [1.807, 2.05) is 0 Å². The molecule has 1 saturated carbocycles. The Labute approximate surface area is 186 Å². The smallest absolute Gasteiger partial charge is 0.344 e. The lowest BCUT2D eigenvalue weighted by Crippen LogP contribution is -2.52. The number of benzene rings is 1. The SMILES string of the molecule is COc1ccc(OC)c(N2CC(C(=O)NN3C(=O)NC4(CCC(C)CC4)C3=O)CC2=O)c1. The summed E-state index contributed by atoms with van der Waals surface area (Å²) >= 11 is 0. The van der Waals surface area contributed by atoms with Crippen LogP contribution in [0.2, 0.25) is 0 Å². The van der Waals surface area contributed by atoms with Crippen molar-refractivity contribution < 1.29 is 28.7 Å². The van der Waals surface area contributed by atoms with Crippen LogP contribution in [0.1, 0.15) is 39.0 Å². The Balaban J connectivity index is 1.46. The first-order valence-electron chi connectivity index (χ1n) is 10.8. The van der Waals surface area contributed by atoms with E-state index in [1.54, 1.807) is 18.2 Å². The molecule has 5 amide bonds.